The summed E-state index contributed by atoms with van der Waals surface area (Å²) in [6, 6.07) is 20.7. The first-order valence-corrected chi connectivity index (χ1v) is 11.4. The van der Waals surface area contributed by atoms with Gasteiger partial charge in [0.15, 0.2) is 0 Å². The van der Waals surface area contributed by atoms with E-state index in [2.05, 4.69) is 13.2 Å². The Labute approximate surface area is 201 Å². The van der Waals surface area contributed by atoms with Gasteiger partial charge in [0, 0.05) is 11.1 Å². The van der Waals surface area contributed by atoms with Crippen LogP contribution in [0.15, 0.2) is 91.0 Å². The lowest BCUT2D eigenvalue weighted by atomic mass is 9.98. The summed E-state index contributed by atoms with van der Waals surface area (Å²) < 4.78 is 25.9. The Morgan fingerprint density at radius 2 is 1.53 bits per heavy atom. The summed E-state index contributed by atoms with van der Waals surface area (Å²) in [5.74, 6) is 0.0951. The van der Waals surface area contributed by atoms with Crippen molar-refractivity contribution >= 4 is 5.97 Å². The first kappa shape index (κ1) is 25.0. The van der Waals surface area contributed by atoms with Crippen molar-refractivity contribution in [1.29, 1.82) is 0 Å². The van der Waals surface area contributed by atoms with Crippen molar-refractivity contribution in [3.05, 3.63) is 102 Å². The van der Waals surface area contributed by atoms with Gasteiger partial charge >= 0.3 is 5.97 Å². The molecule has 0 aromatic heterocycles. The van der Waals surface area contributed by atoms with Crippen molar-refractivity contribution in [2.24, 2.45) is 0 Å². The van der Waals surface area contributed by atoms with Gasteiger partial charge in [0.25, 0.3) is 0 Å². The molecule has 1 atom stereocenters. The highest BCUT2D eigenvalue weighted by Crippen LogP contribution is 2.30. The fraction of sp³-hybridized carbons (Fsp3) is 0.233. The third-order valence-corrected chi connectivity index (χ3v) is 5.62. The van der Waals surface area contributed by atoms with E-state index in [1.165, 1.54) is 0 Å². The van der Waals surface area contributed by atoms with Crippen LogP contribution in [0, 0.1) is 5.82 Å². The molecule has 0 aliphatic rings. The maximum absolute atomic E-state index is 15.0. The molecule has 0 aliphatic heterocycles. The molecule has 34 heavy (non-hydrogen) atoms. The molecule has 0 saturated heterocycles. The zero-order valence-corrected chi connectivity index (χ0v) is 20.1. The van der Waals surface area contributed by atoms with Gasteiger partial charge in [-0.25, -0.2) is 9.18 Å². The van der Waals surface area contributed by atoms with Gasteiger partial charge in [-0.05, 0) is 79.6 Å². The number of hydrogen-bond acceptors (Lipinski definition) is 3. The molecular weight excluding hydrogens is 427 g/mol. The topological polar surface area (TPSA) is 35.5 Å². The lowest BCUT2D eigenvalue weighted by Crippen LogP contribution is -2.12. The van der Waals surface area contributed by atoms with Gasteiger partial charge in [-0.1, -0.05) is 61.7 Å². The van der Waals surface area contributed by atoms with Crippen molar-refractivity contribution in [3.63, 3.8) is 0 Å². The van der Waals surface area contributed by atoms with E-state index >= 15 is 0 Å². The molecule has 1 unspecified atom stereocenters. The Morgan fingerprint density at radius 3 is 2.12 bits per heavy atom. The van der Waals surface area contributed by atoms with Crippen LogP contribution in [0.3, 0.4) is 0 Å². The molecule has 0 heterocycles. The minimum Gasteiger partial charge on any atom is -0.486 e. The van der Waals surface area contributed by atoms with Gasteiger partial charge < -0.3 is 9.47 Å². The molecule has 3 nitrogen and oxygen atoms in total. The van der Waals surface area contributed by atoms with E-state index < -0.39 is 0 Å². The predicted molar refractivity (Wildman–Crippen MR) is 136 cm³/mol. The van der Waals surface area contributed by atoms with Gasteiger partial charge in [0.2, 0.25) is 0 Å². The zero-order chi connectivity index (χ0) is 24.7. The molecule has 0 N–H and O–H groups in total. The van der Waals surface area contributed by atoms with Crippen LogP contribution in [0.25, 0.3) is 22.3 Å². The predicted octanol–water partition coefficient (Wildman–Crippen LogP) is 7.56. The molecule has 4 heteroatoms. The van der Waals surface area contributed by atoms with E-state index in [4.69, 9.17) is 9.47 Å². The van der Waals surface area contributed by atoms with Crippen LogP contribution in [-0.4, -0.2) is 18.7 Å². The van der Waals surface area contributed by atoms with Crippen LogP contribution in [-0.2, 0) is 16.0 Å². The number of benzene rings is 3. The Balaban J connectivity index is 1.63. The number of carbonyl (C=O) groups is 1. The maximum Gasteiger partial charge on any atom is 0.333 e. The lowest BCUT2D eigenvalue weighted by molar-refractivity contribution is -0.139. The van der Waals surface area contributed by atoms with Crippen LogP contribution >= 0.6 is 0 Å². The van der Waals surface area contributed by atoms with Crippen molar-refractivity contribution in [2.45, 2.75) is 39.7 Å². The third kappa shape index (κ3) is 6.67. The molecule has 3 aromatic rings. The van der Waals surface area contributed by atoms with Crippen molar-refractivity contribution in [2.75, 3.05) is 6.61 Å². The maximum atomic E-state index is 15.0. The number of esters is 1. The highest BCUT2D eigenvalue weighted by Gasteiger charge is 2.10. The fourth-order valence-electron chi connectivity index (χ4n) is 3.37. The number of halogens is 1. The molecule has 0 fully saturated rings. The first-order chi connectivity index (χ1) is 16.2. The molecule has 0 radical (unpaired) electrons. The van der Waals surface area contributed by atoms with E-state index in [0.29, 0.717) is 17.7 Å². The van der Waals surface area contributed by atoms with Gasteiger partial charge in [0.05, 0.1) is 6.61 Å². The van der Waals surface area contributed by atoms with E-state index in [1.807, 2.05) is 68.4 Å². The minimum absolute atomic E-state index is 0.0766. The Kier molecular flexibility index (Phi) is 8.42. The van der Waals surface area contributed by atoms with E-state index in [9.17, 15) is 9.18 Å². The second kappa shape index (κ2) is 11.5. The molecule has 3 aromatic carbocycles. The summed E-state index contributed by atoms with van der Waals surface area (Å²) in [5.41, 5.74) is 5.59. The van der Waals surface area contributed by atoms with Crippen LogP contribution in [0.2, 0.25) is 0 Å². The Bertz CT molecular complexity index is 1160. The van der Waals surface area contributed by atoms with Crippen molar-refractivity contribution in [3.8, 4) is 28.0 Å². The largest absolute Gasteiger partial charge is 0.486 e. The van der Waals surface area contributed by atoms with Gasteiger partial charge in [-0.2, -0.15) is 0 Å². The molecule has 0 spiro atoms. The molecule has 0 bridgehead atoms. The molecule has 176 valence electrons. The normalized spacial score (nSPS) is 11.5. The summed E-state index contributed by atoms with van der Waals surface area (Å²) in [6.45, 7) is 13.3. The molecular formula is C30H31FO3. The molecule has 0 amide bonds. The van der Waals surface area contributed by atoms with Crippen LogP contribution in [0.4, 0.5) is 4.39 Å². The summed E-state index contributed by atoms with van der Waals surface area (Å²) in [7, 11) is 0. The molecule has 3 rings (SSSR count). The van der Waals surface area contributed by atoms with E-state index in [1.54, 1.807) is 19.1 Å². The SMILES string of the molecule is C=C(C)C(=O)OCCCc1ccc(-c2ccc(-c3ccc(OC(C)C(=C)C)cc3)c(F)c2)cc1. The summed E-state index contributed by atoms with van der Waals surface area (Å²) in [4.78, 5) is 11.4. The highest BCUT2D eigenvalue weighted by molar-refractivity contribution is 5.86. The van der Waals surface area contributed by atoms with E-state index in [0.717, 1.165) is 46.4 Å². The van der Waals surface area contributed by atoms with Crippen LogP contribution < -0.4 is 4.74 Å². The number of carbonyl (C=O) groups excluding carboxylic acids is 1. The zero-order valence-electron chi connectivity index (χ0n) is 20.1. The molecule has 0 aliphatic carbocycles. The number of ether oxygens (including phenoxy) is 2. The third-order valence-electron chi connectivity index (χ3n) is 5.62. The van der Waals surface area contributed by atoms with Crippen LogP contribution in [0.1, 0.15) is 32.8 Å². The monoisotopic (exact) mass is 458 g/mol. The Morgan fingerprint density at radius 1 is 0.912 bits per heavy atom. The summed E-state index contributed by atoms with van der Waals surface area (Å²) >= 11 is 0. The van der Waals surface area contributed by atoms with Crippen molar-refractivity contribution in [1.82, 2.24) is 0 Å². The Hall–Kier alpha value is -3.66. The van der Waals surface area contributed by atoms with Gasteiger partial charge in [-0.15, -0.1) is 0 Å². The minimum atomic E-state index is -0.359. The smallest absolute Gasteiger partial charge is 0.333 e. The second-order valence-corrected chi connectivity index (χ2v) is 8.54. The number of aryl methyl sites for hydroxylation is 1. The van der Waals surface area contributed by atoms with Crippen LogP contribution in [0.5, 0.6) is 5.75 Å². The highest BCUT2D eigenvalue weighted by atomic mass is 19.1. The quantitative estimate of drug-likeness (QED) is 0.136. The summed E-state index contributed by atoms with van der Waals surface area (Å²) in [5, 5.41) is 0. The standard InChI is InChI=1S/C30H31FO3/c1-20(2)22(5)34-27-15-12-25(13-16-27)28-17-14-26(19-29(28)31)24-10-8-23(9-11-24)7-6-18-33-30(32)21(3)4/h8-17,19,22H,1,3,6-7,18H2,2,4-5H3. The summed E-state index contributed by atoms with van der Waals surface area (Å²) in [6.07, 6.45) is 1.45. The average molecular weight is 459 g/mol. The number of rotatable bonds is 10. The lowest BCUT2D eigenvalue weighted by Gasteiger charge is -2.15. The average Bonchev–Trinajstić information content (AvgIpc) is 2.82. The van der Waals surface area contributed by atoms with E-state index in [-0.39, 0.29) is 17.9 Å². The first-order valence-electron chi connectivity index (χ1n) is 11.4. The van der Waals surface area contributed by atoms with Gasteiger partial charge in [0.1, 0.15) is 17.7 Å². The fourth-order valence-corrected chi connectivity index (χ4v) is 3.37. The van der Waals surface area contributed by atoms with Crippen molar-refractivity contribution < 1.29 is 18.7 Å². The number of hydrogen-bond donors (Lipinski definition) is 0. The second-order valence-electron chi connectivity index (χ2n) is 8.54. The van der Waals surface area contributed by atoms with Gasteiger partial charge in [-0.3, -0.25) is 0 Å². The molecule has 0 saturated carbocycles.